The zero-order valence-corrected chi connectivity index (χ0v) is 13.1. The van der Waals surface area contributed by atoms with Crippen LogP contribution in [0.4, 0.5) is 5.69 Å². The van der Waals surface area contributed by atoms with Crippen LogP contribution in [0, 0.1) is 6.92 Å². The third kappa shape index (κ3) is 3.72. The molecule has 0 atom stereocenters. The van der Waals surface area contributed by atoms with Crippen molar-refractivity contribution < 1.29 is 13.2 Å². The first-order valence-electron chi connectivity index (χ1n) is 6.83. The van der Waals surface area contributed by atoms with Gasteiger partial charge in [0.25, 0.3) is 0 Å². The normalized spacial score (nSPS) is 11.2. The lowest BCUT2D eigenvalue weighted by Crippen LogP contribution is -2.38. The Bertz CT molecular complexity index is 758. The molecule has 0 spiro atoms. The molecule has 116 valence electrons. The van der Waals surface area contributed by atoms with Gasteiger partial charge in [-0.1, -0.05) is 36.4 Å². The first kappa shape index (κ1) is 16.2. The number of para-hydroxylation sites is 1. The van der Waals surface area contributed by atoms with E-state index in [9.17, 15) is 13.2 Å². The van der Waals surface area contributed by atoms with Gasteiger partial charge in [-0.15, -0.1) is 0 Å². The average Bonchev–Trinajstić information content (AvgIpc) is 2.53. The van der Waals surface area contributed by atoms with Crippen molar-refractivity contribution in [3.05, 3.63) is 60.2 Å². The second-order valence-electron chi connectivity index (χ2n) is 4.93. The van der Waals surface area contributed by atoms with Crippen molar-refractivity contribution >= 4 is 21.4 Å². The first-order valence-corrected chi connectivity index (χ1v) is 8.48. The van der Waals surface area contributed by atoms with E-state index in [2.05, 4.69) is 0 Å². The maximum Gasteiger partial charge on any atom is 0.242 e. The van der Waals surface area contributed by atoms with Gasteiger partial charge in [0, 0.05) is 6.42 Å². The number of anilines is 1. The Morgan fingerprint density at radius 2 is 1.64 bits per heavy atom. The van der Waals surface area contributed by atoms with Gasteiger partial charge < -0.3 is 0 Å². The number of aryl methyl sites for hydroxylation is 1. The highest BCUT2D eigenvalue weighted by atomic mass is 32.2. The number of nitrogens with zero attached hydrogens (tertiary/aromatic N) is 1. The van der Waals surface area contributed by atoms with Crippen LogP contribution >= 0.6 is 0 Å². The minimum atomic E-state index is -3.48. The number of hydrazine groups is 1. The summed E-state index contributed by atoms with van der Waals surface area (Å²) < 4.78 is 24.3. The van der Waals surface area contributed by atoms with Gasteiger partial charge in [-0.25, -0.2) is 19.3 Å². The summed E-state index contributed by atoms with van der Waals surface area (Å²) in [4.78, 5) is 12.3. The van der Waals surface area contributed by atoms with Crippen LogP contribution in [-0.2, 0) is 14.6 Å². The van der Waals surface area contributed by atoms with E-state index in [-0.39, 0.29) is 17.1 Å². The van der Waals surface area contributed by atoms with Crippen LogP contribution in [0.5, 0.6) is 0 Å². The fraction of sp³-hybridized carbons (Fsp3) is 0.188. The molecule has 0 fully saturated rings. The third-order valence-corrected chi connectivity index (χ3v) is 5.06. The summed E-state index contributed by atoms with van der Waals surface area (Å²) in [5, 5.41) is 1.01. The van der Waals surface area contributed by atoms with E-state index in [1.807, 2.05) is 19.1 Å². The molecule has 22 heavy (non-hydrogen) atoms. The van der Waals surface area contributed by atoms with E-state index in [1.54, 1.807) is 30.3 Å². The topological polar surface area (TPSA) is 80.5 Å². The highest BCUT2D eigenvalue weighted by Gasteiger charge is 2.19. The standard InChI is InChI=1S/C16H18N2O3S/c1-13-7-5-6-10-15(13)18(17)16(19)11-12-22(20,21)14-8-3-2-4-9-14/h2-10H,11-12,17H2,1H3. The fourth-order valence-corrected chi connectivity index (χ4v) is 3.31. The molecule has 0 radical (unpaired) electrons. The summed E-state index contributed by atoms with van der Waals surface area (Å²) >= 11 is 0. The smallest absolute Gasteiger partial charge is 0.242 e. The molecule has 0 unspecified atom stereocenters. The van der Waals surface area contributed by atoms with Gasteiger partial charge in [0.2, 0.25) is 5.91 Å². The second kappa shape index (κ2) is 6.72. The van der Waals surface area contributed by atoms with E-state index in [1.165, 1.54) is 12.1 Å². The van der Waals surface area contributed by atoms with Crippen molar-refractivity contribution in [3.8, 4) is 0 Å². The fourth-order valence-electron chi connectivity index (χ4n) is 2.06. The number of hydrogen-bond donors (Lipinski definition) is 1. The minimum Gasteiger partial charge on any atom is -0.273 e. The van der Waals surface area contributed by atoms with Gasteiger partial charge in [0.05, 0.1) is 16.3 Å². The number of benzene rings is 2. The van der Waals surface area contributed by atoms with Crippen LogP contribution in [-0.4, -0.2) is 20.1 Å². The molecule has 0 heterocycles. The van der Waals surface area contributed by atoms with Gasteiger partial charge in [0.15, 0.2) is 9.84 Å². The summed E-state index contributed by atoms with van der Waals surface area (Å²) in [6.45, 7) is 1.84. The molecular formula is C16H18N2O3S. The number of amides is 1. The van der Waals surface area contributed by atoms with Crippen LogP contribution in [0.15, 0.2) is 59.5 Å². The molecule has 5 nitrogen and oxygen atoms in total. The maximum atomic E-state index is 12.2. The van der Waals surface area contributed by atoms with Crippen molar-refractivity contribution in [2.45, 2.75) is 18.2 Å². The molecule has 0 aliphatic carbocycles. The zero-order valence-electron chi connectivity index (χ0n) is 12.3. The van der Waals surface area contributed by atoms with Crippen LogP contribution in [0.1, 0.15) is 12.0 Å². The lowest BCUT2D eigenvalue weighted by molar-refractivity contribution is -0.118. The molecule has 2 aromatic rings. The van der Waals surface area contributed by atoms with E-state index in [0.717, 1.165) is 10.6 Å². The summed E-state index contributed by atoms with van der Waals surface area (Å²) in [6.07, 6.45) is -0.165. The lowest BCUT2D eigenvalue weighted by atomic mass is 10.2. The van der Waals surface area contributed by atoms with Crippen LogP contribution in [0.3, 0.4) is 0 Å². The molecule has 1 amide bonds. The van der Waals surface area contributed by atoms with Crippen LogP contribution in [0.2, 0.25) is 0 Å². The number of rotatable bonds is 5. The maximum absolute atomic E-state index is 12.2. The molecule has 0 aliphatic heterocycles. The minimum absolute atomic E-state index is 0.165. The Morgan fingerprint density at radius 1 is 1.05 bits per heavy atom. The van der Waals surface area contributed by atoms with Gasteiger partial charge in [-0.2, -0.15) is 0 Å². The predicted molar refractivity (Wildman–Crippen MR) is 86.0 cm³/mol. The van der Waals surface area contributed by atoms with Crippen molar-refractivity contribution in [3.63, 3.8) is 0 Å². The SMILES string of the molecule is Cc1ccccc1N(N)C(=O)CCS(=O)(=O)c1ccccc1. The number of carbonyl (C=O) groups excluding carboxylic acids is 1. The Kier molecular flexibility index (Phi) is 4.95. The lowest BCUT2D eigenvalue weighted by Gasteiger charge is -2.18. The van der Waals surface area contributed by atoms with E-state index in [0.29, 0.717) is 5.69 Å². The monoisotopic (exact) mass is 318 g/mol. The summed E-state index contributed by atoms with van der Waals surface area (Å²) in [5.74, 6) is 5.09. The number of nitrogens with two attached hydrogens (primary N) is 1. The quantitative estimate of drug-likeness (QED) is 0.520. The number of carbonyl (C=O) groups is 1. The van der Waals surface area contributed by atoms with Crippen molar-refractivity contribution in [1.29, 1.82) is 0 Å². The molecule has 0 saturated carbocycles. The molecule has 0 aliphatic rings. The van der Waals surface area contributed by atoms with Crippen molar-refractivity contribution in [2.75, 3.05) is 10.8 Å². The predicted octanol–water partition coefficient (Wildman–Crippen LogP) is 2.07. The highest BCUT2D eigenvalue weighted by molar-refractivity contribution is 7.91. The Balaban J connectivity index is 2.06. The Morgan fingerprint density at radius 3 is 2.27 bits per heavy atom. The first-order chi connectivity index (χ1) is 10.4. The van der Waals surface area contributed by atoms with Crippen LogP contribution < -0.4 is 10.9 Å². The molecular weight excluding hydrogens is 300 g/mol. The Labute approximate surface area is 130 Å². The van der Waals surface area contributed by atoms with Crippen LogP contribution in [0.25, 0.3) is 0 Å². The summed E-state index contributed by atoms with van der Waals surface area (Å²) in [6, 6.07) is 15.2. The zero-order chi connectivity index (χ0) is 16.2. The summed E-state index contributed by atoms with van der Waals surface area (Å²) in [7, 11) is -3.48. The van der Waals surface area contributed by atoms with Crippen molar-refractivity contribution in [1.82, 2.24) is 0 Å². The Hall–Kier alpha value is -2.18. The number of hydrogen-bond acceptors (Lipinski definition) is 4. The third-order valence-electron chi connectivity index (χ3n) is 3.33. The number of sulfone groups is 1. The van der Waals surface area contributed by atoms with Gasteiger partial charge in [-0.3, -0.25) is 4.79 Å². The molecule has 0 bridgehead atoms. The van der Waals surface area contributed by atoms with E-state index in [4.69, 9.17) is 5.84 Å². The molecule has 0 aromatic heterocycles. The molecule has 0 saturated heterocycles. The molecule has 2 N–H and O–H groups in total. The highest BCUT2D eigenvalue weighted by Crippen LogP contribution is 2.18. The average molecular weight is 318 g/mol. The van der Waals surface area contributed by atoms with Gasteiger partial charge >= 0.3 is 0 Å². The second-order valence-corrected chi connectivity index (χ2v) is 7.04. The molecule has 6 heteroatoms. The summed E-state index contributed by atoms with van der Waals surface area (Å²) in [5.41, 5.74) is 1.42. The largest absolute Gasteiger partial charge is 0.273 e. The molecule has 2 rings (SSSR count). The van der Waals surface area contributed by atoms with Gasteiger partial charge in [-0.05, 0) is 30.7 Å². The molecule has 2 aromatic carbocycles. The van der Waals surface area contributed by atoms with Crippen molar-refractivity contribution in [2.24, 2.45) is 5.84 Å². The van der Waals surface area contributed by atoms with E-state index < -0.39 is 15.7 Å². The van der Waals surface area contributed by atoms with Gasteiger partial charge in [0.1, 0.15) is 0 Å². The van der Waals surface area contributed by atoms with E-state index >= 15 is 0 Å².